The number of carbonyl (C=O) groups excluding carboxylic acids is 1. The van der Waals surface area contributed by atoms with Gasteiger partial charge in [0.1, 0.15) is 0 Å². The second-order valence-electron chi connectivity index (χ2n) is 10.3. The molecular weight excluding hydrogens is 484 g/mol. The number of para-hydroxylation sites is 2. The lowest BCUT2D eigenvalue weighted by Gasteiger charge is -2.41. The van der Waals surface area contributed by atoms with Gasteiger partial charge in [-0.05, 0) is 53.5 Å². The summed E-state index contributed by atoms with van der Waals surface area (Å²) in [5.74, 6) is -0.143. The third-order valence-corrected chi connectivity index (χ3v) is 8.05. The van der Waals surface area contributed by atoms with E-state index >= 15 is 0 Å². The van der Waals surface area contributed by atoms with Crippen LogP contribution in [0.1, 0.15) is 69.1 Å². The van der Waals surface area contributed by atoms with Crippen LogP contribution in [0.15, 0.2) is 78.9 Å². The Bertz CT molecular complexity index is 1290. The molecule has 0 spiro atoms. The molecule has 3 aromatic rings. The SMILES string of the molecule is CC(C)c1cccc(C(C)C)c1OS(=O)(=O)NC(=O)C1(c2ccccc2)CCN(c2ccccc2)CC1. The zero-order chi connectivity index (χ0) is 26.6. The first kappa shape index (κ1) is 26.7. The second-order valence-corrected chi connectivity index (χ2v) is 11.6. The van der Waals surface area contributed by atoms with E-state index in [0.29, 0.717) is 31.7 Å². The highest BCUT2D eigenvalue weighted by Crippen LogP contribution is 2.38. The van der Waals surface area contributed by atoms with Crippen molar-refractivity contribution in [2.45, 2.75) is 57.8 Å². The van der Waals surface area contributed by atoms with Gasteiger partial charge in [-0.3, -0.25) is 4.79 Å². The molecule has 0 aliphatic carbocycles. The van der Waals surface area contributed by atoms with Crippen LogP contribution < -0.4 is 13.8 Å². The minimum absolute atomic E-state index is 0.0533. The quantitative estimate of drug-likeness (QED) is 0.400. The van der Waals surface area contributed by atoms with E-state index in [4.69, 9.17) is 4.18 Å². The third-order valence-electron chi connectivity index (χ3n) is 7.23. The van der Waals surface area contributed by atoms with Crippen LogP contribution in [0.2, 0.25) is 0 Å². The summed E-state index contributed by atoms with van der Waals surface area (Å²) in [4.78, 5) is 16.0. The van der Waals surface area contributed by atoms with Crippen LogP contribution in [0.3, 0.4) is 0 Å². The van der Waals surface area contributed by atoms with Crippen molar-refractivity contribution in [3.63, 3.8) is 0 Å². The third kappa shape index (κ3) is 5.82. The fourth-order valence-corrected chi connectivity index (χ4v) is 5.99. The molecule has 0 bridgehead atoms. The largest absolute Gasteiger partial charge is 0.409 e. The molecule has 1 saturated heterocycles. The van der Waals surface area contributed by atoms with E-state index in [0.717, 1.165) is 22.4 Å². The van der Waals surface area contributed by atoms with Gasteiger partial charge in [0, 0.05) is 18.8 Å². The number of anilines is 1. The molecule has 6 nitrogen and oxygen atoms in total. The van der Waals surface area contributed by atoms with E-state index in [1.165, 1.54) is 0 Å². The highest BCUT2D eigenvalue weighted by atomic mass is 32.2. The molecule has 0 saturated carbocycles. The zero-order valence-corrected chi connectivity index (χ0v) is 22.8. The van der Waals surface area contributed by atoms with Gasteiger partial charge in [-0.1, -0.05) is 94.4 Å². The van der Waals surface area contributed by atoms with Crippen molar-refractivity contribution in [1.82, 2.24) is 4.72 Å². The summed E-state index contributed by atoms with van der Waals surface area (Å²) in [5.41, 5.74) is 2.49. The molecule has 1 amide bonds. The number of nitrogens with zero attached hydrogens (tertiary/aromatic N) is 1. The number of nitrogens with one attached hydrogen (secondary N) is 1. The first-order valence-corrected chi connectivity index (χ1v) is 14.3. The van der Waals surface area contributed by atoms with E-state index in [-0.39, 0.29) is 11.8 Å². The molecule has 4 rings (SSSR count). The van der Waals surface area contributed by atoms with Crippen LogP contribution in [0.25, 0.3) is 0 Å². The van der Waals surface area contributed by atoms with Crippen molar-refractivity contribution in [2.24, 2.45) is 0 Å². The van der Waals surface area contributed by atoms with E-state index < -0.39 is 21.6 Å². The van der Waals surface area contributed by atoms with Crippen molar-refractivity contribution in [2.75, 3.05) is 18.0 Å². The average molecular weight is 521 g/mol. The predicted octanol–water partition coefficient (Wildman–Crippen LogP) is 5.91. The summed E-state index contributed by atoms with van der Waals surface area (Å²) in [5, 5.41) is 0. The number of carbonyl (C=O) groups is 1. The Balaban J connectivity index is 1.62. The molecule has 0 unspecified atom stereocenters. The highest BCUT2D eigenvalue weighted by molar-refractivity contribution is 7.85. The predicted molar refractivity (Wildman–Crippen MR) is 148 cm³/mol. The fraction of sp³-hybridized carbons (Fsp3) is 0.367. The standard InChI is InChI=1S/C30H36N2O4S/c1-22(2)26-16-11-17-27(23(3)4)28(26)36-37(34,35)31-29(33)30(24-12-7-5-8-13-24)18-20-32(21-19-30)25-14-9-6-10-15-25/h5-17,22-23H,18-21H2,1-4H3,(H,31,33). The van der Waals surface area contributed by atoms with Gasteiger partial charge in [-0.2, -0.15) is 8.42 Å². The Morgan fingerprint density at radius 1 is 0.811 bits per heavy atom. The van der Waals surface area contributed by atoms with Crippen molar-refractivity contribution >= 4 is 21.9 Å². The summed E-state index contributed by atoms with van der Waals surface area (Å²) < 4.78 is 34.5. The topological polar surface area (TPSA) is 75.7 Å². The van der Waals surface area contributed by atoms with Crippen LogP contribution in [0.4, 0.5) is 5.69 Å². The maximum Gasteiger partial charge on any atom is 0.409 e. The van der Waals surface area contributed by atoms with E-state index in [9.17, 15) is 13.2 Å². The van der Waals surface area contributed by atoms with E-state index in [1.54, 1.807) is 0 Å². The van der Waals surface area contributed by atoms with E-state index in [2.05, 4.69) is 9.62 Å². The first-order valence-electron chi connectivity index (χ1n) is 12.9. The van der Waals surface area contributed by atoms with Gasteiger partial charge in [0.2, 0.25) is 5.91 Å². The van der Waals surface area contributed by atoms with Crippen molar-refractivity contribution in [3.8, 4) is 5.75 Å². The lowest BCUT2D eigenvalue weighted by atomic mass is 9.72. The summed E-state index contributed by atoms with van der Waals surface area (Å²) in [6.07, 6.45) is 0.959. The Morgan fingerprint density at radius 2 is 1.32 bits per heavy atom. The highest BCUT2D eigenvalue weighted by Gasteiger charge is 2.44. The normalized spacial score (nSPS) is 15.6. The Labute approximate surface area is 220 Å². The monoisotopic (exact) mass is 520 g/mol. The van der Waals surface area contributed by atoms with Crippen LogP contribution in [-0.2, 0) is 20.5 Å². The van der Waals surface area contributed by atoms with Gasteiger partial charge in [0.25, 0.3) is 0 Å². The number of hydrogen-bond acceptors (Lipinski definition) is 5. The maximum absolute atomic E-state index is 13.8. The van der Waals surface area contributed by atoms with Crippen molar-refractivity contribution in [1.29, 1.82) is 0 Å². The molecule has 1 aliphatic rings. The number of hydrogen-bond donors (Lipinski definition) is 1. The van der Waals surface area contributed by atoms with Crippen LogP contribution in [0.5, 0.6) is 5.75 Å². The summed E-state index contributed by atoms with van der Waals surface area (Å²) in [7, 11) is -4.42. The lowest BCUT2D eigenvalue weighted by Crippen LogP contribution is -2.53. The van der Waals surface area contributed by atoms with Crippen molar-refractivity contribution < 1.29 is 17.4 Å². The number of rotatable bonds is 8. The van der Waals surface area contributed by atoms with Gasteiger partial charge >= 0.3 is 10.3 Å². The van der Waals surface area contributed by atoms with Crippen molar-refractivity contribution in [3.05, 3.63) is 95.6 Å². The first-order chi connectivity index (χ1) is 17.6. The molecule has 7 heteroatoms. The number of amides is 1. The van der Waals surface area contributed by atoms with Gasteiger partial charge in [0.15, 0.2) is 5.75 Å². The number of piperidine rings is 1. The van der Waals surface area contributed by atoms with Crippen LogP contribution in [-0.4, -0.2) is 27.4 Å². The van der Waals surface area contributed by atoms with E-state index in [1.807, 2.05) is 107 Å². The fourth-order valence-electron chi connectivity index (χ4n) is 5.11. The Hall–Kier alpha value is -3.32. The zero-order valence-electron chi connectivity index (χ0n) is 22.0. The number of benzene rings is 3. The minimum atomic E-state index is -4.42. The second kappa shape index (κ2) is 11.0. The molecular formula is C30H36N2O4S. The van der Waals surface area contributed by atoms with Gasteiger partial charge in [-0.25, -0.2) is 4.72 Å². The molecule has 196 valence electrons. The van der Waals surface area contributed by atoms with Crippen LogP contribution in [0, 0.1) is 0 Å². The molecule has 0 atom stereocenters. The summed E-state index contributed by atoms with van der Waals surface area (Å²) in [6.45, 7) is 9.21. The van der Waals surface area contributed by atoms with Gasteiger partial charge < -0.3 is 9.08 Å². The van der Waals surface area contributed by atoms with Gasteiger partial charge in [-0.15, -0.1) is 0 Å². The molecule has 1 N–H and O–H groups in total. The smallest absolute Gasteiger partial charge is 0.371 e. The molecule has 1 aliphatic heterocycles. The Morgan fingerprint density at radius 3 is 1.84 bits per heavy atom. The molecule has 1 heterocycles. The maximum atomic E-state index is 13.8. The lowest BCUT2D eigenvalue weighted by molar-refractivity contribution is -0.125. The summed E-state index contributed by atoms with van der Waals surface area (Å²) in [6, 6.07) is 25.2. The molecule has 0 radical (unpaired) electrons. The summed E-state index contributed by atoms with van der Waals surface area (Å²) >= 11 is 0. The molecule has 1 fully saturated rings. The van der Waals surface area contributed by atoms with Gasteiger partial charge in [0.05, 0.1) is 5.41 Å². The van der Waals surface area contributed by atoms with Crippen LogP contribution >= 0.6 is 0 Å². The molecule has 37 heavy (non-hydrogen) atoms. The Kier molecular flexibility index (Phi) is 7.93. The molecule has 0 aromatic heterocycles. The molecule has 3 aromatic carbocycles. The minimum Gasteiger partial charge on any atom is -0.371 e. The average Bonchev–Trinajstić information content (AvgIpc) is 2.89.